The highest BCUT2D eigenvalue weighted by atomic mass is 19.1. The number of aromatic nitrogens is 3. The van der Waals surface area contributed by atoms with Crippen molar-refractivity contribution in [3.8, 4) is 11.3 Å². The van der Waals surface area contributed by atoms with Gasteiger partial charge in [0.25, 0.3) is 5.91 Å². The van der Waals surface area contributed by atoms with Crippen molar-refractivity contribution in [2.24, 2.45) is 0 Å². The molecule has 0 aliphatic rings. The highest BCUT2D eigenvalue weighted by Gasteiger charge is 2.33. The number of hydrogen-bond donors (Lipinski definition) is 2. The number of halogens is 3. The standard InChI is InChI=1S/C24H26F3N5O/c1-4-28-23(33)17-12-16(7-8-18(17)26)20-9-10-21(32-31-20)30-14-24(3,13-15(2)25)22-19(27)6-5-11-29-22/h5-12,15H,4,13-14H2,1-3H3,(H,28,33)(H,30,32)/t15-,24-/m0/s1. The largest absolute Gasteiger partial charge is 0.368 e. The molecular formula is C24H26F3N5O. The van der Waals surface area contributed by atoms with Gasteiger partial charge in [-0.1, -0.05) is 6.92 Å². The maximum Gasteiger partial charge on any atom is 0.254 e. The summed E-state index contributed by atoms with van der Waals surface area (Å²) in [5.74, 6) is -1.23. The molecule has 0 saturated carbocycles. The number of benzene rings is 1. The molecule has 2 aromatic heterocycles. The molecule has 3 aromatic rings. The first kappa shape index (κ1) is 24.2. The summed E-state index contributed by atoms with van der Waals surface area (Å²) in [6.45, 7) is 5.47. The summed E-state index contributed by atoms with van der Waals surface area (Å²) >= 11 is 0. The highest BCUT2D eigenvalue weighted by molar-refractivity contribution is 5.95. The van der Waals surface area contributed by atoms with Gasteiger partial charge in [-0.25, -0.2) is 13.2 Å². The van der Waals surface area contributed by atoms with E-state index in [0.29, 0.717) is 23.6 Å². The monoisotopic (exact) mass is 457 g/mol. The average molecular weight is 458 g/mol. The minimum atomic E-state index is -1.16. The summed E-state index contributed by atoms with van der Waals surface area (Å²) in [5, 5.41) is 13.9. The van der Waals surface area contributed by atoms with E-state index in [1.165, 1.54) is 43.5 Å². The Balaban J connectivity index is 1.78. The summed E-state index contributed by atoms with van der Waals surface area (Å²) in [5.41, 5.74) is 0.159. The van der Waals surface area contributed by atoms with Gasteiger partial charge < -0.3 is 10.6 Å². The summed E-state index contributed by atoms with van der Waals surface area (Å²) in [6.07, 6.45) is 0.382. The molecule has 0 fully saturated rings. The Labute approximate surface area is 190 Å². The van der Waals surface area contributed by atoms with Gasteiger partial charge >= 0.3 is 0 Å². The van der Waals surface area contributed by atoms with E-state index in [9.17, 15) is 18.0 Å². The summed E-state index contributed by atoms with van der Waals surface area (Å²) in [4.78, 5) is 16.2. The van der Waals surface area contributed by atoms with E-state index >= 15 is 0 Å². The minimum Gasteiger partial charge on any atom is -0.368 e. The Bertz CT molecular complexity index is 1110. The zero-order valence-electron chi connectivity index (χ0n) is 18.7. The molecular weight excluding hydrogens is 431 g/mol. The van der Waals surface area contributed by atoms with E-state index in [1.807, 2.05) is 0 Å². The van der Waals surface area contributed by atoms with Gasteiger partial charge in [0.15, 0.2) is 0 Å². The Morgan fingerprint density at radius 1 is 1.12 bits per heavy atom. The molecule has 2 atom stereocenters. The summed E-state index contributed by atoms with van der Waals surface area (Å²) < 4.78 is 42.3. The van der Waals surface area contributed by atoms with E-state index < -0.39 is 29.1 Å². The quantitative estimate of drug-likeness (QED) is 0.488. The lowest BCUT2D eigenvalue weighted by molar-refractivity contribution is 0.0952. The average Bonchev–Trinajstić information content (AvgIpc) is 2.78. The number of alkyl halides is 1. The molecule has 2 N–H and O–H groups in total. The second kappa shape index (κ2) is 10.4. The van der Waals surface area contributed by atoms with Crippen LogP contribution < -0.4 is 10.6 Å². The molecule has 3 rings (SSSR count). The van der Waals surface area contributed by atoms with Crippen LogP contribution in [0.15, 0.2) is 48.7 Å². The van der Waals surface area contributed by atoms with Gasteiger partial charge in [-0.3, -0.25) is 9.78 Å². The van der Waals surface area contributed by atoms with Gasteiger partial charge in [-0.2, -0.15) is 0 Å². The van der Waals surface area contributed by atoms with Crippen LogP contribution in [0, 0.1) is 11.6 Å². The van der Waals surface area contributed by atoms with Crippen LogP contribution in [0.5, 0.6) is 0 Å². The van der Waals surface area contributed by atoms with Crippen LogP contribution in [0.25, 0.3) is 11.3 Å². The van der Waals surface area contributed by atoms with Gasteiger partial charge in [-0.05, 0) is 62.7 Å². The van der Waals surface area contributed by atoms with Gasteiger partial charge in [0, 0.05) is 30.3 Å². The van der Waals surface area contributed by atoms with Gasteiger partial charge in [0.1, 0.15) is 17.5 Å². The van der Waals surface area contributed by atoms with E-state index in [4.69, 9.17) is 0 Å². The number of nitrogens with zero attached hydrogens (tertiary/aromatic N) is 3. The highest BCUT2D eigenvalue weighted by Crippen LogP contribution is 2.31. The van der Waals surface area contributed by atoms with Crippen LogP contribution in [-0.4, -0.2) is 40.3 Å². The lowest BCUT2D eigenvalue weighted by atomic mass is 9.81. The third kappa shape index (κ3) is 5.85. The number of amides is 1. The molecule has 0 aliphatic carbocycles. The van der Waals surface area contributed by atoms with E-state index in [-0.39, 0.29) is 24.2 Å². The Kier molecular flexibility index (Phi) is 7.63. The lowest BCUT2D eigenvalue weighted by Crippen LogP contribution is -2.35. The van der Waals surface area contributed by atoms with Crippen molar-refractivity contribution in [3.63, 3.8) is 0 Å². The molecule has 1 aromatic carbocycles. The first-order chi connectivity index (χ1) is 15.7. The first-order valence-corrected chi connectivity index (χ1v) is 10.6. The van der Waals surface area contributed by atoms with Gasteiger partial charge in [0.05, 0.1) is 23.1 Å². The molecule has 6 nitrogen and oxygen atoms in total. The number of anilines is 1. The molecule has 0 spiro atoms. The van der Waals surface area contributed by atoms with Crippen molar-refractivity contribution < 1.29 is 18.0 Å². The maximum absolute atomic E-state index is 14.4. The fourth-order valence-electron chi connectivity index (χ4n) is 3.68. The molecule has 0 radical (unpaired) electrons. The van der Waals surface area contributed by atoms with E-state index in [2.05, 4.69) is 25.8 Å². The smallest absolute Gasteiger partial charge is 0.254 e. The van der Waals surface area contributed by atoms with Crippen molar-refractivity contribution in [1.82, 2.24) is 20.5 Å². The number of carbonyl (C=O) groups excluding carboxylic acids is 1. The molecule has 0 saturated heterocycles. The zero-order valence-corrected chi connectivity index (χ0v) is 18.7. The number of pyridine rings is 1. The fraction of sp³-hybridized carbons (Fsp3) is 0.333. The molecule has 174 valence electrons. The summed E-state index contributed by atoms with van der Waals surface area (Å²) in [6, 6.07) is 10.3. The predicted octanol–water partition coefficient (Wildman–Crippen LogP) is 4.68. The Hall–Kier alpha value is -3.49. The molecule has 0 aliphatic heterocycles. The topological polar surface area (TPSA) is 79.8 Å². The molecule has 2 heterocycles. The van der Waals surface area contributed by atoms with Crippen LogP contribution in [0.2, 0.25) is 0 Å². The third-order valence-corrected chi connectivity index (χ3v) is 5.23. The van der Waals surface area contributed by atoms with Crippen molar-refractivity contribution in [1.29, 1.82) is 0 Å². The van der Waals surface area contributed by atoms with E-state index in [0.717, 1.165) is 0 Å². The number of nitrogens with one attached hydrogen (secondary N) is 2. The Morgan fingerprint density at radius 2 is 1.91 bits per heavy atom. The van der Waals surface area contributed by atoms with Crippen molar-refractivity contribution in [3.05, 3.63) is 71.6 Å². The zero-order chi connectivity index (χ0) is 24.0. The molecule has 9 heteroatoms. The number of hydrogen-bond acceptors (Lipinski definition) is 5. The second-order valence-corrected chi connectivity index (χ2v) is 8.09. The van der Waals surface area contributed by atoms with Crippen LogP contribution in [0.3, 0.4) is 0 Å². The first-order valence-electron chi connectivity index (χ1n) is 10.6. The molecule has 1 amide bonds. The van der Waals surface area contributed by atoms with Crippen molar-refractivity contribution in [2.75, 3.05) is 18.4 Å². The molecule has 33 heavy (non-hydrogen) atoms. The molecule has 0 bridgehead atoms. The number of carbonyl (C=O) groups is 1. The maximum atomic E-state index is 14.4. The lowest BCUT2D eigenvalue weighted by Gasteiger charge is -2.30. The van der Waals surface area contributed by atoms with Gasteiger partial charge in [0.2, 0.25) is 0 Å². The normalized spacial score (nSPS) is 13.8. The van der Waals surface area contributed by atoms with Crippen LogP contribution in [0.4, 0.5) is 19.0 Å². The van der Waals surface area contributed by atoms with Crippen LogP contribution in [-0.2, 0) is 5.41 Å². The second-order valence-electron chi connectivity index (χ2n) is 8.09. The van der Waals surface area contributed by atoms with Crippen molar-refractivity contribution >= 4 is 11.7 Å². The molecule has 0 unspecified atom stereocenters. The van der Waals surface area contributed by atoms with Gasteiger partial charge in [-0.15, -0.1) is 10.2 Å². The van der Waals surface area contributed by atoms with Crippen LogP contribution in [0.1, 0.15) is 43.2 Å². The predicted molar refractivity (Wildman–Crippen MR) is 121 cm³/mol. The third-order valence-electron chi connectivity index (χ3n) is 5.23. The minimum absolute atomic E-state index is 0.0671. The number of rotatable bonds is 9. The van der Waals surface area contributed by atoms with E-state index in [1.54, 1.807) is 26.0 Å². The SMILES string of the molecule is CCNC(=O)c1cc(-c2ccc(NC[C@](C)(C[C@H](C)F)c3ncccc3F)nn2)ccc1F. The van der Waals surface area contributed by atoms with Crippen LogP contribution >= 0.6 is 0 Å². The summed E-state index contributed by atoms with van der Waals surface area (Å²) in [7, 11) is 0. The fourth-order valence-corrected chi connectivity index (χ4v) is 3.68. The van der Waals surface area contributed by atoms with Crippen molar-refractivity contribution in [2.45, 2.75) is 38.8 Å². The Morgan fingerprint density at radius 3 is 2.55 bits per heavy atom.